The number of nitrogens with zero attached hydrogens (tertiary/aromatic N) is 1. The third-order valence-electron chi connectivity index (χ3n) is 8.69. The topological polar surface area (TPSA) is 83.6 Å². The average Bonchev–Trinajstić information content (AvgIpc) is 3.58. The lowest BCUT2D eigenvalue weighted by Gasteiger charge is -2.37. The van der Waals surface area contributed by atoms with Crippen LogP contribution in [-0.2, 0) is 14.4 Å². The molecule has 3 amide bonds. The highest BCUT2D eigenvalue weighted by Gasteiger charge is 2.67. The number of rotatable bonds is 4. The maximum atomic E-state index is 13.3. The fourth-order valence-electron chi connectivity index (χ4n) is 6.97. The van der Waals surface area contributed by atoms with E-state index in [0.29, 0.717) is 48.8 Å². The van der Waals surface area contributed by atoms with Gasteiger partial charge in [-0.15, -0.1) is 0 Å². The summed E-state index contributed by atoms with van der Waals surface area (Å²) in [5.41, 5.74) is 1.29. The number of carbonyl (C=O) groups is 4. The monoisotopic (exact) mass is 432 g/mol. The second kappa shape index (κ2) is 7.12. The standard InChI is InChI=1S/C26H28N2O4/c1-13(29)14-2-6-16(7-3-14)27-24(30)15-4-8-17(9-5-15)28-25(31)22-18-10-11-19(21-12-20(18)21)23(22)26(28)32/h2-3,6-7,10-11,15,17-23H,4-5,8-9,12H2,1H3,(H,27,30)/t15?,17?,18-,19-,20-,21-,22+,23+/m1/s1. The summed E-state index contributed by atoms with van der Waals surface area (Å²) < 4.78 is 0. The van der Waals surface area contributed by atoms with Crippen LogP contribution in [0.25, 0.3) is 0 Å². The Balaban J connectivity index is 1.09. The smallest absolute Gasteiger partial charge is 0.233 e. The van der Waals surface area contributed by atoms with Crippen molar-refractivity contribution in [2.75, 3.05) is 5.32 Å². The van der Waals surface area contributed by atoms with Crippen LogP contribution in [0.3, 0.4) is 0 Å². The number of likely N-dealkylation sites (tertiary alicyclic amines) is 1. The molecule has 0 spiro atoms. The Labute approximate surface area is 187 Å². The van der Waals surface area contributed by atoms with Gasteiger partial charge in [-0.3, -0.25) is 24.1 Å². The van der Waals surface area contributed by atoms with E-state index in [2.05, 4.69) is 17.5 Å². The summed E-state index contributed by atoms with van der Waals surface area (Å²) in [6, 6.07) is 6.85. The van der Waals surface area contributed by atoms with Gasteiger partial charge in [-0.25, -0.2) is 0 Å². The lowest BCUT2D eigenvalue weighted by Crippen LogP contribution is -2.44. The van der Waals surface area contributed by atoms with Gasteiger partial charge in [-0.2, -0.15) is 0 Å². The third kappa shape index (κ3) is 2.91. The molecule has 6 aliphatic rings. The first kappa shape index (κ1) is 19.9. The van der Waals surface area contributed by atoms with Gasteiger partial charge in [-0.05, 0) is 87.0 Å². The molecule has 3 saturated carbocycles. The zero-order chi connectivity index (χ0) is 22.1. The Bertz CT molecular complexity index is 1000. The van der Waals surface area contributed by atoms with E-state index in [1.54, 1.807) is 29.2 Å². The zero-order valence-electron chi connectivity index (χ0n) is 18.2. The van der Waals surface area contributed by atoms with Crippen molar-refractivity contribution in [1.29, 1.82) is 0 Å². The van der Waals surface area contributed by atoms with Crippen LogP contribution in [0, 0.1) is 41.4 Å². The number of imide groups is 1. The molecule has 0 aromatic heterocycles. The van der Waals surface area contributed by atoms with Gasteiger partial charge in [0.15, 0.2) is 5.78 Å². The molecule has 1 N–H and O–H groups in total. The molecule has 0 unspecified atom stereocenters. The molecular weight excluding hydrogens is 404 g/mol. The van der Waals surface area contributed by atoms with Gasteiger partial charge in [0.1, 0.15) is 0 Å². The van der Waals surface area contributed by atoms with Gasteiger partial charge in [0.05, 0.1) is 11.8 Å². The molecule has 6 heteroatoms. The van der Waals surface area contributed by atoms with E-state index < -0.39 is 0 Å². The largest absolute Gasteiger partial charge is 0.326 e. The normalized spacial score (nSPS) is 39.0. The number of nitrogens with one attached hydrogen (secondary N) is 1. The van der Waals surface area contributed by atoms with Crippen molar-refractivity contribution in [1.82, 2.24) is 4.90 Å². The van der Waals surface area contributed by atoms with Crippen molar-refractivity contribution in [2.24, 2.45) is 41.4 Å². The van der Waals surface area contributed by atoms with Crippen LogP contribution in [0.4, 0.5) is 5.69 Å². The zero-order valence-corrected chi connectivity index (χ0v) is 18.2. The molecule has 5 aliphatic carbocycles. The van der Waals surface area contributed by atoms with Crippen LogP contribution in [0.15, 0.2) is 36.4 Å². The first-order valence-electron chi connectivity index (χ1n) is 11.9. The molecule has 4 fully saturated rings. The molecule has 1 aliphatic heterocycles. The molecule has 1 saturated heterocycles. The lowest BCUT2D eigenvalue weighted by molar-refractivity contribution is -0.144. The summed E-state index contributed by atoms with van der Waals surface area (Å²) in [6.45, 7) is 1.51. The number of carbonyl (C=O) groups excluding carboxylic acids is 4. The minimum atomic E-state index is -0.139. The lowest BCUT2D eigenvalue weighted by atomic mass is 9.63. The van der Waals surface area contributed by atoms with Crippen molar-refractivity contribution < 1.29 is 19.2 Å². The van der Waals surface area contributed by atoms with Crippen molar-refractivity contribution >= 4 is 29.2 Å². The van der Waals surface area contributed by atoms with Crippen LogP contribution in [-0.4, -0.2) is 34.4 Å². The molecule has 6 atom stereocenters. The van der Waals surface area contributed by atoms with Crippen molar-refractivity contribution in [3.05, 3.63) is 42.0 Å². The summed E-state index contributed by atoms with van der Waals surface area (Å²) in [5, 5.41) is 2.94. The van der Waals surface area contributed by atoms with Gasteiger partial charge in [0, 0.05) is 23.2 Å². The number of anilines is 1. The highest BCUT2D eigenvalue weighted by atomic mass is 16.2. The van der Waals surface area contributed by atoms with Crippen molar-refractivity contribution in [3.63, 3.8) is 0 Å². The molecule has 1 aromatic rings. The Hall–Kier alpha value is -2.76. The Morgan fingerprint density at radius 2 is 1.44 bits per heavy atom. The molecule has 1 aromatic carbocycles. The maximum Gasteiger partial charge on any atom is 0.233 e. The second-order valence-electron chi connectivity index (χ2n) is 10.3. The van der Waals surface area contributed by atoms with Gasteiger partial charge in [-0.1, -0.05) is 12.2 Å². The number of ketones is 1. The number of hydrogen-bond donors (Lipinski definition) is 1. The molecule has 6 nitrogen and oxygen atoms in total. The van der Waals surface area contributed by atoms with Crippen molar-refractivity contribution in [3.8, 4) is 0 Å². The van der Waals surface area contributed by atoms with E-state index in [9.17, 15) is 19.2 Å². The van der Waals surface area contributed by atoms with Crippen LogP contribution >= 0.6 is 0 Å². The van der Waals surface area contributed by atoms with Gasteiger partial charge in [0.25, 0.3) is 0 Å². The molecule has 7 rings (SSSR count). The second-order valence-corrected chi connectivity index (χ2v) is 10.3. The summed E-state index contributed by atoms with van der Waals surface area (Å²) in [5.74, 6) is 1.40. The molecule has 1 heterocycles. The fourth-order valence-corrected chi connectivity index (χ4v) is 6.97. The average molecular weight is 433 g/mol. The predicted octanol–water partition coefficient (Wildman–Crippen LogP) is 3.44. The third-order valence-corrected chi connectivity index (χ3v) is 8.69. The van der Waals surface area contributed by atoms with E-state index in [4.69, 9.17) is 0 Å². The minimum Gasteiger partial charge on any atom is -0.326 e. The summed E-state index contributed by atoms with van der Waals surface area (Å²) in [4.78, 5) is 52.4. The molecule has 0 radical (unpaired) electrons. The quantitative estimate of drug-likeness (QED) is 0.449. The first-order chi connectivity index (χ1) is 15.4. The van der Waals surface area contributed by atoms with Crippen LogP contribution in [0.2, 0.25) is 0 Å². The minimum absolute atomic E-state index is 0.00661. The highest BCUT2D eigenvalue weighted by molar-refractivity contribution is 6.06. The van der Waals surface area contributed by atoms with E-state index in [1.807, 2.05) is 0 Å². The van der Waals surface area contributed by atoms with Gasteiger partial charge < -0.3 is 5.32 Å². The SMILES string of the molecule is CC(=O)c1ccc(NC(=O)C2CCC(N3C(=O)[C@H]4[C@@H]5C=C[C@H]([C@H]6C[C@H]56)[C@@H]4C3=O)CC2)cc1. The Morgan fingerprint density at radius 1 is 0.875 bits per heavy atom. The molecule has 32 heavy (non-hydrogen) atoms. The predicted molar refractivity (Wildman–Crippen MR) is 117 cm³/mol. The van der Waals surface area contributed by atoms with Crippen molar-refractivity contribution in [2.45, 2.75) is 45.1 Å². The Morgan fingerprint density at radius 3 is 1.97 bits per heavy atom. The van der Waals surface area contributed by atoms with E-state index in [0.717, 1.165) is 0 Å². The van der Waals surface area contributed by atoms with E-state index in [-0.39, 0.29) is 59.1 Å². The van der Waals surface area contributed by atoms with Crippen LogP contribution in [0.5, 0.6) is 0 Å². The molecular formula is C26H28N2O4. The first-order valence-corrected chi connectivity index (χ1v) is 11.9. The highest BCUT2D eigenvalue weighted by Crippen LogP contribution is 2.65. The Kier molecular flexibility index (Phi) is 4.43. The van der Waals surface area contributed by atoms with E-state index >= 15 is 0 Å². The fraction of sp³-hybridized carbons (Fsp3) is 0.538. The number of benzene rings is 1. The number of Topliss-reactive ketones (excluding diaryl/α,β-unsaturated/α-hetero) is 1. The van der Waals surface area contributed by atoms with Crippen LogP contribution < -0.4 is 5.32 Å². The maximum absolute atomic E-state index is 13.3. The summed E-state index contributed by atoms with van der Waals surface area (Å²) in [6.07, 6.45) is 8.31. The number of allylic oxidation sites excluding steroid dienone is 2. The number of hydrogen-bond acceptors (Lipinski definition) is 4. The number of amides is 3. The van der Waals surface area contributed by atoms with Crippen LogP contribution in [0.1, 0.15) is 49.4 Å². The van der Waals surface area contributed by atoms with Gasteiger partial charge in [0.2, 0.25) is 17.7 Å². The molecule has 2 bridgehead atoms. The van der Waals surface area contributed by atoms with Gasteiger partial charge >= 0.3 is 0 Å². The van der Waals surface area contributed by atoms with E-state index in [1.165, 1.54) is 13.3 Å². The summed E-state index contributed by atoms with van der Waals surface area (Å²) in [7, 11) is 0. The summed E-state index contributed by atoms with van der Waals surface area (Å²) >= 11 is 0. The molecule has 166 valence electrons.